The predicted octanol–water partition coefficient (Wildman–Crippen LogP) is 6.94. The summed E-state index contributed by atoms with van der Waals surface area (Å²) in [6.45, 7) is 6.41. The molecular weight excluding hydrogens is 574 g/mol. The number of ether oxygens (including phenoxy) is 2. The summed E-state index contributed by atoms with van der Waals surface area (Å²) in [7, 11) is 1.52. The molecule has 1 heterocycles. The number of benzene rings is 4. The zero-order valence-electron chi connectivity index (χ0n) is 25.0. The van der Waals surface area contributed by atoms with Crippen LogP contribution in [0.5, 0.6) is 11.5 Å². The maximum absolute atomic E-state index is 13.2. The molecule has 0 saturated heterocycles. The Morgan fingerprint density at radius 1 is 0.864 bits per heavy atom. The van der Waals surface area contributed by atoms with Gasteiger partial charge in [0.05, 0.1) is 25.2 Å². The average molecular weight is 608 g/mol. The number of aromatic nitrogens is 3. The van der Waals surface area contributed by atoms with Gasteiger partial charge in [-0.2, -0.15) is 0 Å². The van der Waals surface area contributed by atoms with Crippen LogP contribution in [0.1, 0.15) is 28.4 Å². The zero-order valence-corrected chi connectivity index (χ0v) is 25.8. The quantitative estimate of drug-likeness (QED) is 0.157. The van der Waals surface area contributed by atoms with Gasteiger partial charge in [-0.3, -0.25) is 14.2 Å². The van der Waals surface area contributed by atoms with Crippen LogP contribution in [0.3, 0.4) is 0 Å². The monoisotopic (exact) mass is 607 g/mol. The molecular formula is C34H33N5O4S. The van der Waals surface area contributed by atoms with Gasteiger partial charge in [-0.1, -0.05) is 59.8 Å². The number of carbonyl (C=O) groups excluding carboxylic acids is 2. The molecule has 0 saturated carbocycles. The Morgan fingerprint density at radius 3 is 2.27 bits per heavy atom. The van der Waals surface area contributed by atoms with Crippen molar-refractivity contribution in [3.8, 4) is 28.6 Å². The largest absolute Gasteiger partial charge is 0.494 e. The highest BCUT2D eigenvalue weighted by atomic mass is 32.2. The Balaban J connectivity index is 1.34. The molecule has 10 heteroatoms. The van der Waals surface area contributed by atoms with E-state index in [1.165, 1.54) is 18.9 Å². The van der Waals surface area contributed by atoms with Crippen molar-refractivity contribution in [3.05, 3.63) is 108 Å². The Hall–Kier alpha value is -5.09. The average Bonchev–Trinajstić information content (AvgIpc) is 3.46. The summed E-state index contributed by atoms with van der Waals surface area (Å²) in [6.07, 6.45) is 0. The number of amides is 2. The summed E-state index contributed by atoms with van der Waals surface area (Å²) < 4.78 is 13.1. The van der Waals surface area contributed by atoms with Crippen molar-refractivity contribution in [2.45, 2.75) is 25.9 Å². The highest BCUT2D eigenvalue weighted by Gasteiger charge is 2.19. The molecule has 2 amide bonds. The third-order valence-electron chi connectivity index (χ3n) is 6.79. The van der Waals surface area contributed by atoms with Gasteiger partial charge >= 0.3 is 0 Å². The molecule has 5 rings (SSSR count). The minimum atomic E-state index is -0.244. The first-order valence-electron chi connectivity index (χ1n) is 14.1. The van der Waals surface area contributed by atoms with Crippen molar-refractivity contribution >= 4 is 35.0 Å². The van der Waals surface area contributed by atoms with Gasteiger partial charge in [-0.15, -0.1) is 10.2 Å². The fourth-order valence-electron chi connectivity index (χ4n) is 4.53. The van der Waals surface area contributed by atoms with Crippen LogP contribution in [0.2, 0.25) is 0 Å². The van der Waals surface area contributed by atoms with E-state index in [4.69, 9.17) is 9.47 Å². The minimum Gasteiger partial charge on any atom is -0.494 e. The van der Waals surface area contributed by atoms with Crippen molar-refractivity contribution in [2.24, 2.45) is 0 Å². The number of thioether (sulfide) groups is 1. The van der Waals surface area contributed by atoms with E-state index in [0.717, 1.165) is 28.1 Å². The van der Waals surface area contributed by atoms with Gasteiger partial charge in [0.25, 0.3) is 5.91 Å². The third-order valence-corrected chi connectivity index (χ3v) is 7.72. The number of hydrogen-bond acceptors (Lipinski definition) is 7. The van der Waals surface area contributed by atoms with E-state index in [0.29, 0.717) is 40.3 Å². The van der Waals surface area contributed by atoms with E-state index in [-0.39, 0.29) is 17.6 Å². The molecule has 0 spiro atoms. The molecule has 0 bridgehead atoms. The van der Waals surface area contributed by atoms with E-state index >= 15 is 0 Å². The molecule has 0 unspecified atom stereocenters. The fraction of sp³-hybridized carbons (Fsp3) is 0.176. The van der Waals surface area contributed by atoms with Crippen LogP contribution in [0, 0.1) is 13.8 Å². The van der Waals surface area contributed by atoms with E-state index in [1.54, 1.807) is 24.3 Å². The number of nitrogens with one attached hydrogen (secondary N) is 2. The van der Waals surface area contributed by atoms with Crippen LogP contribution in [-0.2, 0) is 4.79 Å². The summed E-state index contributed by atoms with van der Waals surface area (Å²) in [6, 6.07) is 28.2. The summed E-state index contributed by atoms with van der Waals surface area (Å²) in [4.78, 5) is 25.8. The Labute approximate surface area is 260 Å². The first kappa shape index (κ1) is 30.4. The van der Waals surface area contributed by atoms with Crippen molar-refractivity contribution in [1.29, 1.82) is 0 Å². The molecule has 44 heavy (non-hydrogen) atoms. The second kappa shape index (κ2) is 13.9. The lowest BCUT2D eigenvalue weighted by Gasteiger charge is -2.15. The van der Waals surface area contributed by atoms with E-state index in [9.17, 15) is 9.59 Å². The van der Waals surface area contributed by atoms with Gasteiger partial charge in [0.1, 0.15) is 11.5 Å². The van der Waals surface area contributed by atoms with Crippen LogP contribution in [-0.4, -0.2) is 46.0 Å². The normalized spacial score (nSPS) is 10.7. The second-order valence-electron chi connectivity index (χ2n) is 9.96. The Morgan fingerprint density at radius 2 is 1.59 bits per heavy atom. The maximum atomic E-state index is 13.2. The lowest BCUT2D eigenvalue weighted by molar-refractivity contribution is -0.113. The standard InChI is InChI=1S/C34H33N5O4S/c1-5-43-27-17-15-26(16-18-27)39-32(24-13-11-22(2)12-14-24)37-38-34(39)44-21-31(40)35-29-19-23(3)28(20-30(29)42-4)36-33(41)25-9-7-6-8-10-25/h6-20H,5,21H2,1-4H3,(H,35,40)(H,36,41). The number of nitrogens with zero attached hydrogens (tertiary/aromatic N) is 3. The lowest BCUT2D eigenvalue weighted by atomic mass is 10.1. The van der Waals surface area contributed by atoms with Crippen molar-refractivity contribution in [1.82, 2.24) is 14.8 Å². The van der Waals surface area contributed by atoms with Crippen LogP contribution in [0.15, 0.2) is 96.2 Å². The summed E-state index contributed by atoms with van der Waals surface area (Å²) in [5.74, 6) is 1.47. The molecule has 9 nitrogen and oxygen atoms in total. The highest BCUT2D eigenvalue weighted by Crippen LogP contribution is 2.33. The smallest absolute Gasteiger partial charge is 0.255 e. The number of rotatable bonds is 11. The molecule has 4 aromatic carbocycles. The number of methoxy groups -OCH3 is 1. The van der Waals surface area contributed by atoms with Gasteiger partial charge in [-0.05, 0) is 68.8 Å². The van der Waals surface area contributed by atoms with E-state index in [2.05, 4.69) is 20.8 Å². The Kier molecular flexibility index (Phi) is 9.61. The van der Waals surface area contributed by atoms with Gasteiger partial charge in [0, 0.05) is 28.6 Å². The zero-order chi connectivity index (χ0) is 31.1. The first-order valence-corrected chi connectivity index (χ1v) is 15.1. The lowest BCUT2D eigenvalue weighted by Crippen LogP contribution is -2.16. The van der Waals surface area contributed by atoms with Crippen LogP contribution in [0.25, 0.3) is 17.1 Å². The van der Waals surface area contributed by atoms with Gasteiger partial charge in [0.15, 0.2) is 11.0 Å². The van der Waals surface area contributed by atoms with Gasteiger partial charge in [-0.25, -0.2) is 0 Å². The molecule has 224 valence electrons. The van der Waals surface area contributed by atoms with Crippen LogP contribution in [0.4, 0.5) is 11.4 Å². The summed E-state index contributed by atoms with van der Waals surface area (Å²) in [5, 5.41) is 15.4. The molecule has 0 radical (unpaired) electrons. The molecule has 0 aliphatic heterocycles. The van der Waals surface area contributed by atoms with Crippen LogP contribution >= 0.6 is 11.8 Å². The number of carbonyl (C=O) groups is 2. The second-order valence-corrected chi connectivity index (χ2v) is 10.9. The molecule has 0 fully saturated rings. The number of aryl methyl sites for hydroxylation is 2. The predicted molar refractivity (Wildman–Crippen MR) is 174 cm³/mol. The topological polar surface area (TPSA) is 107 Å². The molecule has 1 aromatic heterocycles. The van der Waals surface area contributed by atoms with Crippen molar-refractivity contribution < 1.29 is 19.1 Å². The Bertz CT molecular complexity index is 1750. The minimum absolute atomic E-state index is 0.0811. The molecule has 2 N–H and O–H groups in total. The van der Waals surface area contributed by atoms with Crippen LogP contribution < -0.4 is 20.1 Å². The number of anilines is 2. The highest BCUT2D eigenvalue weighted by molar-refractivity contribution is 7.99. The molecule has 0 aliphatic carbocycles. The molecule has 0 aliphatic rings. The van der Waals surface area contributed by atoms with Gasteiger partial charge in [0.2, 0.25) is 5.91 Å². The van der Waals surface area contributed by atoms with Crippen molar-refractivity contribution in [3.63, 3.8) is 0 Å². The van der Waals surface area contributed by atoms with Gasteiger partial charge < -0.3 is 20.1 Å². The fourth-order valence-corrected chi connectivity index (χ4v) is 5.29. The summed E-state index contributed by atoms with van der Waals surface area (Å²) in [5.41, 5.74) is 5.32. The van der Waals surface area contributed by atoms with E-state index < -0.39 is 0 Å². The van der Waals surface area contributed by atoms with Crippen molar-refractivity contribution in [2.75, 3.05) is 30.1 Å². The third kappa shape index (κ3) is 7.09. The molecule has 0 atom stereocenters. The summed E-state index contributed by atoms with van der Waals surface area (Å²) >= 11 is 1.28. The molecule has 5 aromatic rings. The SMILES string of the molecule is CCOc1ccc(-n2c(SCC(=O)Nc3cc(C)c(NC(=O)c4ccccc4)cc3OC)nnc2-c2ccc(C)cc2)cc1. The maximum Gasteiger partial charge on any atom is 0.255 e. The van der Waals surface area contributed by atoms with E-state index in [1.807, 2.05) is 92.1 Å². The first-order chi connectivity index (χ1) is 21.4. The number of hydrogen-bond donors (Lipinski definition) is 2.